The first-order valence-electron chi connectivity index (χ1n) is 4.07. The Morgan fingerprint density at radius 3 is 2.42 bits per heavy atom. The molecule has 0 aromatic carbocycles. The Labute approximate surface area is 79.8 Å². The van der Waals surface area contributed by atoms with Crippen molar-refractivity contribution in [2.45, 2.75) is 26.3 Å². The van der Waals surface area contributed by atoms with Crippen molar-refractivity contribution in [2.24, 2.45) is 0 Å². The SMILES string of the molecule is CCCC[n+]1ccc(N)cc1.[Cl-]. The smallest absolute Gasteiger partial charge is 0.170 e. The van der Waals surface area contributed by atoms with Crippen molar-refractivity contribution < 1.29 is 17.0 Å². The molecule has 0 spiro atoms. The van der Waals surface area contributed by atoms with Crippen molar-refractivity contribution in [1.82, 2.24) is 0 Å². The van der Waals surface area contributed by atoms with E-state index in [2.05, 4.69) is 11.5 Å². The Morgan fingerprint density at radius 1 is 1.33 bits per heavy atom. The predicted octanol–water partition coefficient (Wildman–Crippen LogP) is -1.64. The lowest BCUT2D eigenvalue weighted by molar-refractivity contribution is -0.697. The summed E-state index contributed by atoms with van der Waals surface area (Å²) in [5.41, 5.74) is 6.37. The molecule has 0 aliphatic rings. The highest BCUT2D eigenvalue weighted by Crippen LogP contribution is 1.94. The molecule has 0 saturated heterocycles. The van der Waals surface area contributed by atoms with E-state index in [1.54, 1.807) is 0 Å². The molecule has 3 heteroatoms. The third-order valence-electron chi connectivity index (χ3n) is 1.69. The molecule has 0 amide bonds. The zero-order valence-corrected chi connectivity index (χ0v) is 8.09. The van der Waals surface area contributed by atoms with Crippen molar-refractivity contribution in [1.29, 1.82) is 0 Å². The van der Waals surface area contributed by atoms with Gasteiger partial charge in [0, 0.05) is 24.2 Å². The molecule has 0 radical (unpaired) electrons. The first-order valence-corrected chi connectivity index (χ1v) is 4.07. The molecule has 1 heterocycles. The van der Waals surface area contributed by atoms with Crippen LogP contribution in [0.3, 0.4) is 0 Å². The van der Waals surface area contributed by atoms with E-state index >= 15 is 0 Å². The number of unbranched alkanes of at least 4 members (excludes halogenated alkanes) is 1. The van der Waals surface area contributed by atoms with Gasteiger partial charge >= 0.3 is 0 Å². The molecule has 68 valence electrons. The van der Waals surface area contributed by atoms with Crippen LogP contribution in [0.1, 0.15) is 19.8 Å². The fourth-order valence-corrected chi connectivity index (χ4v) is 0.959. The van der Waals surface area contributed by atoms with Crippen LogP contribution in [0.25, 0.3) is 0 Å². The molecule has 0 bridgehead atoms. The quantitative estimate of drug-likeness (QED) is 0.564. The number of halogens is 1. The summed E-state index contributed by atoms with van der Waals surface area (Å²) in [5.74, 6) is 0. The van der Waals surface area contributed by atoms with Gasteiger partial charge in [0.25, 0.3) is 0 Å². The van der Waals surface area contributed by atoms with E-state index in [9.17, 15) is 0 Å². The third-order valence-corrected chi connectivity index (χ3v) is 1.69. The highest BCUT2D eigenvalue weighted by Gasteiger charge is 1.96. The molecule has 1 aromatic rings. The van der Waals surface area contributed by atoms with Gasteiger partial charge in [0.1, 0.15) is 6.54 Å². The Bertz CT molecular complexity index is 208. The third kappa shape index (κ3) is 3.58. The van der Waals surface area contributed by atoms with Crippen LogP contribution in [0.4, 0.5) is 5.69 Å². The van der Waals surface area contributed by atoms with Crippen molar-refractivity contribution >= 4 is 5.69 Å². The number of anilines is 1. The van der Waals surface area contributed by atoms with Crippen LogP contribution >= 0.6 is 0 Å². The van der Waals surface area contributed by atoms with Crippen LogP contribution in [-0.4, -0.2) is 0 Å². The molecule has 12 heavy (non-hydrogen) atoms. The summed E-state index contributed by atoms with van der Waals surface area (Å²) in [6.07, 6.45) is 6.50. The minimum absolute atomic E-state index is 0. The second kappa shape index (κ2) is 5.84. The van der Waals surface area contributed by atoms with Gasteiger partial charge in [-0.1, -0.05) is 13.3 Å². The van der Waals surface area contributed by atoms with Gasteiger partial charge in [-0.2, -0.15) is 0 Å². The van der Waals surface area contributed by atoms with Gasteiger partial charge in [-0.3, -0.25) is 0 Å². The van der Waals surface area contributed by atoms with E-state index in [1.165, 1.54) is 12.8 Å². The van der Waals surface area contributed by atoms with Gasteiger partial charge in [0.05, 0.1) is 0 Å². The molecule has 1 rings (SSSR count). The van der Waals surface area contributed by atoms with Gasteiger partial charge in [-0.25, -0.2) is 4.57 Å². The van der Waals surface area contributed by atoms with Crippen LogP contribution in [0, 0.1) is 0 Å². The van der Waals surface area contributed by atoms with Crippen molar-refractivity contribution in [3.63, 3.8) is 0 Å². The molecular formula is C9H15ClN2. The van der Waals surface area contributed by atoms with Gasteiger partial charge < -0.3 is 18.1 Å². The molecule has 0 fully saturated rings. The molecule has 0 saturated carbocycles. The number of pyridine rings is 1. The number of hydrogen-bond acceptors (Lipinski definition) is 1. The molecule has 2 nitrogen and oxygen atoms in total. The Hall–Kier alpha value is -0.760. The van der Waals surface area contributed by atoms with Crippen LogP contribution < -0.4 is 22.7 Å². The van der Waals surface area contributed by atoms with Crippen molar-refractivity contribution in [2.75, 3.05) is 5.73 Å². The molecular weight excluding hydrogens is 172 g/mol. The fourth-order valence-electron chi connectivity index (χ4n) is 0.959. The number of hydrogen-bond donors (Lipinski definition) is 1. The first-order chi connectivity index (χ1) is 5.33. The lowest BCUT2D eigenvalue weighted by atomic mass is 10.3. The van der Waals surface area contributed by atoms with Gasteiger partial charge in [0.2, 0.25) is 0 Å². The molecule has 2 N–H and O–H groups in total. The maximum atomic E-state index is 5.54. The number of nitrogens with zero attached hydrogens (tertiary/aromatic N) is 1. The van der Waals surface area contributed by atoms with Gasteiger partial charge in [-0.05, 0) is 0 Å². The maximum Gasteiger partial charge on any atom is 0.170 e. The van der Waals surface area contributed by atoms with E-state index in [1.807, 2.05) is 24.5 Å². The van der Waals surface area contributed by atoms with Crippen LogP contribution in [0.2, 0.25) is 0 Å². The highest BCUT2D eigenvalue weighted by atomic mass is 35.5. The second-order valence-electron chi connectivity index (χ2n) is 2.72. The number of rotatable bonds is 3. The standard InChI is InChI=1S/C9H14N2.ClH/c1-2-3-6-11-7-4-9(10)5-8-11;/h4-5,7-8,10H,2-3,6H2,1H3;1H. The van der Waals surface area contributed by atoms with E-state index in [-0.39, 0.29) is 12.4 Å². The average molecular weight is 187 g/mol. The monoisotopic (exact) mass is 186 g/mol. The van der Waals surface area contributed by atoms with E-state index < -0.39 is 0 Å². The fraction of sp³-hybridized carbons (Fsp3) is 0.444. The van der Waals surface area contributed by atoms with Crippen molar-refractivity contribution in [3.8, 4) is 0 Å². The van der Waals surface area contributed by atoms with Crippen LogP contribution in [0.15, 0.2) is 24.5 Å². The highest BCUT2D eigenvalue weighted by molar-refractivity contribution is 5.32. The average Bonchev–Trinajstić information content (AvgIpc) is 2.04. The lowest BCUT2D eigenvalue weighted by Crippen LogP contribution is -3.00. The summed E-state index contributed by atoms with van der Waals surface area (Å²) in [6, 6.07) is 3.85. The summed E-state index contributed by atoms with van der Waals surface area (Å²) in [5, 5.41) is 0. The molecule has 1 aromatic heterocycles. The number of nitrogens with two attached hydrogens (primary N) is 1. The van der Waals surface area contributed by atoms with Crippen LogP contribution in [0.5, 0.6) is 0 Å². The number of aromatic nitrogens is 1. The summed E-state index contributed by atoms with van der Waals surface area (Å²) in [4.78, 5) is 0. The van der Waals surface area contributed by atoms with Crippen LogP contribution in [-0.2, 0) is 6.54 Å². The summed E-state index contributed by atoms with van der Waals surface area (Å²) < 4.78 is 2.15. The predicted molar refractivity (Wildman–Crippen MR) is 46.0 cm³/mol. The largest absolute Gasteiger partial charge is 1.00 e. The molecule has 0 aliphatic carbocycles. The Kier molecular flexibility index (Phi) is 5.47. The topological polar surface area (TPSA) is 29.9 Å². The Balaban J connectivity index is 0.00000121. The van der Waals surface area contributed by atoms with E-state index in [0.29, 0.717) is 0 Å². The first kappa shape index (κ1) is 11.2. The summed E-state index contributed by atoms with van der Waals surface area (Å²) in [7, 11) is 0. The normalized spacial score (nSPS) is 9.08. The zero-order chi connectivity index (χ0) is 8.10. The summed E-state index contributed by atoms with van der Waals surface area (Å²) >= 11 is 0. The molecule has 0 aliphatic heterocycles. The van der Waals surface area contributed by atoms with E-state index in [0.717, 1.165) is 12.2 Å². The zero-order valence-electron chi connectivity index (χ0n) is 7.33. The number of aryl methyl sites for hydroxylation is 1. The lowest BCUT2D eigenvalue weighted by Gasteiger charge is -1.94. The minimum atomic E-state index is 0. The molecule has 0 unspecified atom stereocenters. The summed E-state index contributed by atoms with van der Waals surface area (Å²) in [6.45, 7) is 3.29. The van der Waals surface area contributed by atoms with Gasteiger partial charge in [-0.15, -0.1) is 0 Å². The van der Waals surface area contributed by atoms with Gasteiger partial charge in [0.15, 0.2) is 12.4 Å². The minimum Gasteiger partial charge on any atom is -1.00 e. The molecule has 0 atom stereocenters. The second-order valence-corrected chi connectivity index (χ2v) is 2.72. The van der Waals surface area contributed by atoms with Crippen molar-refractivity contribution in [3.05, 3.63) is 24.5 Å². The number of nitrogen functional groups attached to an aromatic ring is 1. The van der Waals surface area contributed by atoms with E-state index in [4.69, 9.17) is 5.73 Å². The maximum absolute atomic E-state index is 5.54. The Morgan fingerprint density at radius 2 is 1.92 bits per heavy atom.